The topological polar surface area (TPSA) is 57.0 Å². The zero-order valence-electron chi connectivity index (χ0n) is 14.9. The fraction of sp³-hybridized carbons (Fsp3) is 0.400. The van der Waals surface area contributed by atoms with Gasteiger partial charge < -0.3 is 14.2 Å². The Morgan fingerprint density at radius 2 is 1.81 bits per heavy atom. The number of furan rings is 1. The highest BCUT2D eigenvalue weighted by atomic mass is 16.3. The van der Waals surface area contributed by atoms with Crippen LogP contribution >= 0.6 is 0 Å². The summed E-state index contributed by atoms with van der Waals surface area (Å²) in [4.78, 5) is 30.9. The van der Waals surface area contributed by atoms with Crippen molar-refractivity contribution in [3.63, 3.8) is 0 Å². The summed E-state index contributed by atoms with van der Waals surface area (Å²) in [5, 5.41) is 0. The number of carbonyl (C=O) groups is 2. The molecule has 3 heterocycles. The van der Waals surface area contributed by atoms with E-state index in [0.717, 1.165) is 18.8 Å². The van der Waals surface area contributed by atoms with Gasteiger partial charge in [-0.3, -0.25) is 14.5 Å². The fourth-order valence-electron chi connectivity index (χ4n) is 3.75. The number of amides is 2. The van der Waals surface area contributed by atoms with Crippen LogP contribution < -0.4 is 4.90 Å². The van der Waals surface area contributed by atoms with E-state index in [4.69, 9.17) is 4.42 Å². The third-order valence-electron chi connectivity index (χ3n) is 5.30. The molecule has 6 heteroatoms. The Labute approximate surface area is 153 Å². The lowest BCUT2D eigenvalue weighted by Gasteiger charge is -2.37. The Kier molecular flexibility index (Phi) is 4.51. The molecule has 26 heavy (non-hydrogen) atoms. The number of benzene rings is 1. The molecule has 4 rings (SSSR count). The lowest BCUT2D eigenvalue weighted by Crippen LogP contribution is -2.52. The van der Waals surface area contributed by atoms with E-state index in [0.29, 0.717) is 31.8 Å². The van der Waals surface area contributed by atoms with Gasteiger partial charge in [0.2, 0.25) is 5.91 Å². The lowest BCUT2D eigenvalue weighted by atomic mass is 10.2. The Hall–Kier alpha value is -2.60. The first-order chi connectivity index (χ1) is 12.6. The molecule has 2 aliphatic heterocycles. The standard InChI is InChI=1S/C20H23N3O3/c1-15-4-6-16(7-5-15)23-14-17(13-19(23)24)21-8-10-22(11-9-21)20(25)18-3-2-12-26-18/h2-7,12,17H,8-11,13-14H2,1H3. The first-order valence-corrected chi connectivity index (χ1v) is 9.05. The molecule has 0 N–H and O–H groups in total. The summed E-state index contributed by atoms with van der Waals surface area (Å²) in [7, 11) is 0. The molecule has 2 aliphatic rings. The summed E-state index contributed by atoms with van der Waals surface area (Å²) in [5.41, 5.74) is 2.16. The normalized spacial score (nSPS) is 21.4. The molecule has 1 atom stereocenters. The minimum absolute atomic E-state index is 0.0570. The van der Waals surface area contributed by atoms with Crippen LogP contribution in [0.25, 0.3) is 0 Å². The Morgan fingerprint density at radius 3 is 2.46 bits per heavy atom. The minimum atomic E-state index is -0.0570. The SMILES string of the molecule is Cc1ccc(N2CC(N3CCN(C(=O)c4ccco4)CC3)CC2=O)cc1. The number of aryl methyl sites for hydroxylation is 1. The molecule has 136 valence electrons. The van der Waals surface area contributed by atoms with Crippen molar-refractivity contribution in [1.82, 2.24) is 9.80 Å². The zero-order chi connectivity index (χ0) is 18.1. The van der Waals surface area contributed by atoms with Gasteiger partial charge in [-0.25, -0.2) is 0 Å². The van der Waals surface area contributed by atoms with Gasteiger partial charge in [-0.2, -0.15) is 0 Å². The van der Waals surface area contributed by atoms with Gasteiger partial charge in [-0.15, -0.1) is 0 Å². The second-order valence-corrected chi connectivity index (χ2v) is 7.00. The third kappa shape index (κ3) is 3.24. The van der Waals surface area contributed by atoms with E-state index in [1.54, 1.807) is 12.1 Å². The molecule has 2 saturated heterocycles. The van der Waals surface area contributed by atoms with E-state index < -0.39 is 0 Å². The molecule has 1 unspecified atom stereocenters. The average molecular weight is 353 g/mol. The molecule has 0 spiro atoms. The van der Waals surface area contributed by atoms with Gasteiger partial charge in [0.15, 0.2) is 5.76 Å². The van der Waals surface area contributed by atoms with E-state index in [-0.39, 0.29) is 17.9 Å². The molecule has 0 saturated carbocycles. The highest BCUT2D eigenvalue weighted by Crippen LogP contribution is 2.25. The van der Waals surface area contributed by atoms with Crippen LogP contribution in [0.3, 0.4) is 0 Å². The monoisotopic (exact) mass is 353 g/mol. The van der Waals surface area contributed by atoms with Gasteiger partial charge in [-0.05, 0) is 31.2 Å². The van der Waals surface area contributed by atoms with Crippen molar-refractivity contribution in [1.29, 1.82) is 0 Å². The molecule has 1 aromatic carbocycles. The van der Waals surface area contributed by atoms with Gasteiger partial charge in [-0.1, -0.05) is 17.7 Å². The number of hydrogen-bond donors (Lipinski definition) is 0. The van der Waals surface area contributed by atoms with Crippen molar-refractivity contribution < 1.29 is 14.0 Å². The summed E-state index contributed by atoms with van der Waals surface area (Å²) < 4.78 is 5.20. The number of anilines is 1. The van der Waals surface area contributed by atoms with E-state index >= 15 is 0 Å². The van der Waals surface area contributed by atoms with Gasteiger partial charge in [0, 0.05) is 50.9 Å². The summed E-state index contributed by atoms with van der Waals surface area (Å²) in [5.74, 6) is 0.506. The van der Waals surface area contributed by atoms with Gasteiger partial charge in [0.25, 0.3) is 5.91 Å². The molecule has 0 aliphatic carbocycles. The fourth-order valence-corrected chi connectivity index (χ4v) is 3.75. The van der Waals surface area contributed by atoms with E-state index in [2.05, 4.69) is 4.90 Å². The highest BCUT2D eigenvalue weighted by molar-refractivity contribution is 5.96. The number of carbonyl (C=O) groups excluding carboxylic acids is 2. The molecule has 2 amide bonds. The summed E-state index contributed by atoms with van der Waals surface area (Å²) in [6.07, 6.45) is 2.06. The number of rotatable bonds is 3. The molecular weight excluding hydrogens is 330 g/mol. The van der Waals surface area contributed by atoms with Crippen molar-refractivity contribution in [3.05, 3.63) is 54.0 Å². The van der Waals surface area contributed by atoms with Crippen LogP contribution in [0, 0.1) is 6.92 Å². The van der Waals surface area contributed by atoms with Crippen LogP contribution in [0.2, 0.25) is 0 Å². The summed E-state index contributed by atoms with van der Waals surface area (Å²) >= 11 is 0. The van der Waals surface area contributed by atoms with Crippen molar-refractivity contribution in [2.24, 2.45) is 0 Å². The van der Waals surface area contributed by atoms with Crippen molar-refractivity contribution in [2.75, 3.05) is 37.6 Å². The Balaban J connectivity index is 1.36. The molecular formula is C20H23N3O3. The van der Waals surface area contributed by atoms with Crippen LogP contribution in [0.5, 0.6) is 0 Å². The van der Waals surface area contributed by atoms with Gasteiger partial charge in [0.1, 0.15) is 0 Å². The predicted octanol–water partition coefficient (Wildman–Crippen LogP) is 2.15. The van der Waals surface area contributed by atoms with Crippen LogP contribution in [0.15, 0.2) is 47.1 Å². The van der Waals surface area contributed by atoms with Crippen molar-refractivity contribution in [3.8, 4) is 0 Å². The molecule has 0 radical (unpaired) electrons. The predicted molar refractivity (Wildman–Crippen MR) is 98.1 cm³/mol. The van der Waals surface area contributed by atoms with Gasteiger partial charge >= 0.3 is 0 Å². The largest absolute Gasteiger partial charge is 0.459 e. The molecule has 0 bridgehead atoms. The second kappa shape index (κ2) is 6.96. The maximum absolute atomic E-state index is 12.5. The van der Waals surface area contributed by atoms with Crippen LogP contribution in [0.4, 0.5) is 5.69 Å². The van der Waals surface area contributed by atoms with Gasteiger partial charge in [0.05, 0.1) is 6.26 Å². The Morgan fingerprint density at radius 1 is 1.08 bits per heavy atom. The maximum atomic E-state index is 12.5. The van der Waals surface area contributed by atoms with Crippen LogP contribution in [0.1, 0.15) is 22.5 Å². The number of piperazine rings is 1. The van der Waals surface area contributed by atoms with Crippen LogP contribution in [-0.2, 0) is 4.79 Å². The molecule has 2 fully saturated rings. The smallest absolute Gasteiger partial charge is 0.289 e. The minimum Gasteiger partial charge on any atom is -0.459 e. The van der Waals surface area contributed by atoms with E-state index in [1.165, 1.54) is 11.8 Å². The highest BCUT2D eigenvalue weighted by Gasteiger charge is 2.36. The second-order valence-electron chi connectivity index (χ2n) is 7.00. The Bertz CT molecular complexity index is 777. The average Bonchev–Trinajstić information content (AvgIpc) is 3.32. The van der Waals surface area contributed by atoms with E-state index in [9.17, 15) is 9.59 Å². The zero-order valence-corrected chi connectivity index (χ0v) is 14.9. The van der Waals surface area contributed by atoms with Crippen LogP contribution in [-0.4, -0.2) is 60.4 Å². The maximum Gasteiger partial charge on any atom is 0.289 e. The summed E-state index contributed by atoms with van der Waals surface area (Å²) in [6, 6.07) is 11.7. The molecule has 2 aromatic rings. The first-order valence-electron chi connectivity index (χ1n) is 9.05. The summed E-state index contributed by atoms with van der Waals surface area (Å²) in [6.45, 7) is 5.65. The molecule has 6 nitrogen and oxygen atoms in total. The van der Waals surface area contributed by atoms with E-state index in [1.807, 2.05) is 41.0 Å². The first kappa shape index (κ1) is 16.8. The number of hydrogen-bond acceptors (Lipinski definition) is 4. The lowest BCUT2D eigenvalue weighted by molar-refractivity contribution is -0.117. The third-order valence-corrected chi connectivity index (χ3v) is 5.30. The number of nitrogens with zero attached hydrogens (tertiary/aromatic N) is 3. The van der Waals surface area contributed by atoms with Crippen molar-refractivity contribution >= 4 is 17.5 Å². The molecule has 1 aromatic heterocycles. The van der Waals surface area contributed by atoms with Crippen molar-refractivity contribution in [2.45, 2.75) is 19.4 Å². The quantitative estimate of drug-likeness (QED) is 0.848.